The zero-order valence-electron chi connectivity index (χ0n) is 16.9. The fourth-order valence-electron chi connectivity index (χ4n) is 3.61. The third-order valence-corrected chi connectivity index (χ3v) is 6.20. The smallest absolute Gasteiger partial charge is 0.399 e. The number of nitrogens with zero attached hydrogens (tertiary/aromatic N) is 2. The molecule has 2 saturated heterocycles. The molecule has 2 aliphatic heterocycles. The van der Waals surface area contributed by atoms with Crippen LogP contribution >= 0.6 is 0 Å². The predicted molar refractivity (Wildman–Crippen MR) is 106 cm³/mol. The van der Waals surface area contributed by atoms with E-state index in [1.54, 1.807) is 6.92 Å². The Labute approximate surface area is 157 Å². The van der Waals surface area contributed by atoms with Crippen molar-refractivity contribution in [2.75, 3.05) is 25.0 Å². The average Bonchev–Trinajstić information content (AvgIpc) is 2.82. The van der Waals surface area contributed by atoms with Gasteiger partial charge >= 0.3 is 7.12 Å². The van der Waals surface area contributed by atoms with Gasteiger partial charge in [-0.25, -0.2) is 0 Å². The Morgan fingerprint density at radius 2 is 1.88 bits per heavy atom. The lowest BCUT2D eigenvalue weighted by Gasteiger charge is -2.38. The molecule has 0 saturated carbocycles. The van der Waals surface area contributed by atoms with Crippen LogP contribution in [0.15, 0.2) is 24.3 Å². The summed E-state index contributed by atoms with van der Waals surface area (Å²) in [6.45, 7) is 11.8. The summed E-state index contributed by atoms with van der Waals surface area (Å²) in [5, 5.41) is 0. The van der Waals surface area contributed by atoms with Gasteiger partial charge in [-0.2, -0.15) is 0 Å². The van der Waals surface area contributed by atoms with Gasteiger partial charge in [0.15, 0.2) is 0 Å². The molecule has 0 aliphatic carbocycles. The summed E-state index contributed by atoms with van der Waals surface area (Å²) in [5.74, 6) is 0.128. The van der Waals surface area contributed by atoms with E-state index in [2.05, 4.69) is 56.9 Å². The molecule has 0 aromatic heterocycles. The molecule has 0 N–H and O–H groups in total. The minimum Gasteiger partial charge on any atom is -0.399 e. The lowest BCUT2D eigenvalue weighted by molar-refractivity contribution is -0.129. The quantitative estimate of drug-likeness (QED) is 0.779. The molecule has 6 heteroatoms. The van der Waals surface area contributed by atoms with Gasteiger partial charge in [-0.15, -0.1) is 0 Å². The summed E-state index contributed by atoms with van der Waals surface area (Å²) in [7, 11) is 1.55. The fourth-order valence-corrected chi connectivity index (χ4v) is 3.61. The van der Waals surface area contributed by atoms with Crippen LogP contribution in [0.1, 0.15) is 47.5 Å². The summed E-state index contributed by atoms with van der Waals surface area (Å²) in [5.41, 5.74) is 1.53. The zero-order chi connectivity index (χ0) is 19.1. The van der Waals surface area contributed by atoms with E-state index >= 15 is 0 Å². The molecule has 0 radical (unpaired) electrons. The minimum absolute atomic E-state index is 0.128. The summed E-state index contributed by atoms with van der Waals surface area (Å²) in [4.78, 5) is 15.9. The van der Waals surface area contributed by atoms with Gasteiger partial charge in [0.2, 0.25) is 5.91 Å². The highest BCUT2D eigenvalue weighted by atomic mass is 16.7. The van der Waals surface area contributed by atoms with Gasteiger partial charge in [0.05, 0.1) is 11.2 Å². The maximum Gasteiger partial charge on any atom is 0.494 e. The van der Waals surface area contributed by atoms with Crippen LogP contribution in [0.3, 0.4) is 0 Å². The SMILES string of the molecule is CC(=O)N(C)C1CCCN(c2cccc(B3OC(C)(C)C(C)(C)O3)c2)C1. The molecule has 142 valence electrons. The number of rotatable bonds is 3. The van der Waals surface area contributed by atoms with E-state index < -0.39 is 0 Å². The third kappa shape index (κ3) is 3.62. The number of amides is 1. The molecule has 5 nitrogen and oxygen atoms in total. The van der Waals surface area contributed by atoms with Gasteiger partial charge in [0.25, 0.3) is 0 Å². The Morgan fingerprint density at radius 3 is 2.50 bits per heavy atom. The van der Waals surface area contributed by atoms with Crippen LogP contribution in [0.25, 0.3) is 0 Å². The van der Waals surface area contributed by atoms with E-state index in [0.717, 1.165) is 31.4 Å². The highest BCUT2D eigenvalue weighted by Gasteiger charge is 2.51. The first-order chi connectivity index (χ1) is 12.1. The Balaban J connectivity index is 1.77. The Bertz CT molecular complexity index is 661. The Morgan fingerprint density at radius 1 is 1.23 bits per heavy atom. The molecular weight excluding hydrogens is 327 g/mol. The number of carbonyl (C=O) groups is 1. The molecule has 1 amide bonds. The lowest BCUT2D eigenvalue weighted by atomic mass is 9.79. The van der Waals surface area contributed by atoms with E-state index in [1.165, 1.54) is 5.69 Å². The van der Waals surface area contributed by atoms with Crippen molar-refractivity contribution in [3.8, 4) is 0 Å². The number of piperidine rings is 1. The van der Waals surface area contributed by atoms with Gasteiger partial charge in [-0.05, 0) is 58.1 Å². The maximum atomic E-state index is 11.7. The van der Waals surface area contributed by atoms with Gasteiger partial charge < -0.3 is 19.1 Å². The fraction of sp³-hybridized carbons (Fsp3) is 0.650. The highest BCUT2D eigenvalue weighted by molar-refractivity contribution is 6.62. The number of carbonyl (C=O) groups excluding carboxylic acids is 1. The van der Waals surface area contributed by atoms with Crippen LogP contribution in [-0.2, 0) is 14.1 Å². The summed E-state index contributed by atoms with van der Waals surface area (Å²) < 4.78 is 12.4. The van der Waals surface area contributed by atoms with Crippen LogP contribution in [-0.4, -0.2) is 55.3 Å². The van der Waals surface area contributed by atoms with Crippen molar-refractivity contribution >= 4 is 24.2 Å². The van der Waals surface area contributed by atoms with Crippen LogP contribution in [0.4, 0.5) is 5.69 Å². The molecule has 2 heterocycles. The molecule has 1 atom stereocenters. The number of anilines is 1. The van der Waals surface area contributed by atoms with Crippen LogP contribution < -0.4 is 10.4 Å². The van der Waals surface area contributed by atoms with Crippen molar-refractivity contribution in [3.05, 3.63) is 24.3 Å². The van der Waals surface area contributed by atoms with Crippen LogP contribution in [0, 0.1) is 0 Å². The number of hydrogen-bond donors (Lipinski definition) is 0. The van der Waals surface area contributed by atoms with Crippen LogP contribution in [0.2, 0.25) is 0 Å². The topological polar surface area (TPSA) is 42.0 Å². The molecule has 1 unspecified atom stereocenters. The second-order valence-corrected chi connectivity index (χ2v) is 8.56. The molecule has 0 spiro atoms. The molecule has 1 aromatic rings. The van der Waals surface area contributed by atoms with Crippen molar-refractivity contribution < 1.29 is 14.1 Å². The van der Waals surface area contributed by atoms with Crippen molar-refractivity contribution in [2.24, 2.45) is 0 Å². The predicted octanol–water partition coefficient (Wildman–Crippen LogP) is 2.43. The largest absolute Gasteiger partial charge is 0.494 e. The molecule has 0 bridgehead atoms. The first-order valence-electron chi connectivity index (χ1n) is 9.55. The standard InChI is InChI=1S/C20H31BN2O3/c1-15(24)22(6)18-11-8-12-23(14-18)17-10-7-9-16(13-17)21-25-19(2,3)20(4,5)26-21/h7,9-10,13,18H,8,11-12,14H2,1-6H3. The lowest BCUT2D eigenvalue weighted by Crippen LogP contribution is -2.48. The number of likely N-dealkylation sites (N-methyl/N-ethyl adjacent to an activating group) is 1. The van der Waals surface area contributed by atoms with Gasteiger partial charge in [-0.1, -0.05) is 12.1 Å². The highest BCUT2D eigenvalue weighted by Crippen LogP contribution is 2.36. The van der Waals surface area contributed by atoms with E-state index in [0.29, 0.717) is 0 Å². The zero-order valence-corrected chi connectivity index (χ0v) is 16.9. The van der Waals surface area contributed by atoms with Gasteiger partial charge in [-0.3, -0.25) is 4.79 Å². The van der Waals surface area contributed by atoms with Crippen molar-refractivity contribution in [2.45, 2.75) is 64.7 Å². The van der Waals surface area contributed by atoms with Gasteiger partial charge in [0, 0.05) is 38.8 Å². The monoisotopic (exact) mass is 358 g/mol. The number of hydrogen-bond acceptors (Lipinski definition) is 4. The van der Waals surface area contributed by atoms with Crippen LogP contribution in [0.5, 0.6) is 0 Å². The average molecular weight is 358 g/mol. The Hall–Kier alpha value is -1.53. The molecule has 3 rings (SSSR count). The third-order valence-electron chi connectivity index (χ3n) is 6.20. The van der Waals surface area contributed by atoms with Crippen molar-refractivity contribution in [3.63, 3.8) is 0 Å². The summed E-state index contributed by atoms with van der Waals surface area (Å²) in [6, 6.07) is 8.69. The maximum absolute atomic E-state index is 11.7. The second kappa shape index (κ2) is 6.89. The molecular formula is C20H31BN2O3. The molecule has 2 aliphatic rings. The Kier molecular flexibility index (Phi) is 5.10. The van der Waals surface area contributed by atoms with E-state index in [1.807, 2.05) is 11.9 Å². The van der Waals surface area contributed by atoms with Crippen molar-refractivity contribution in [1.82, 2.24) is 4.90 Å². The second-order valence-electron chi connectivity index (χ2n) is 8.56. The van der Waals surface area contributed by atoms with E-state index in [9.17, 15) is 4.79 Å². The first-order valence-corrected chi connectivity index (χ1v) is 9.55. The summed E-state index contributed by atoms with van der Waals surface area (Å²) in [6.07, 6.45) is 2.15. The summed E-state index contributed by atoms with van der Waals surface area (Å²) >= 11 is 0. The minimum atomic E-state index is -0.347. The molecule has 2 fully saturated rings. The normalized spacial score (nSPS) is 24.6. The molecule has 26 heavy (non-hydrogen) atoms. The number of benzene rings is 1. The van der Waals surface area contributed by atoms with Gasteiger partial charge in [0.1, 0.15) is 0 Å². The molecule has 1 aromatic carbocycles. The van der Waals surface area contributed by atoms with E-state index in [-0.39, 0.29) is 30.3 Å². The first kappa shape index (κ1) is 19.2. The van der Waals surface area contributed by atoms with Crippen molar-refractivity contribution in [1.29, 1.82) is 0 Å². The van der Waals surface area contributed by atoms with E-state index in [4.69, 9.17) is 9.31 Å².